The Bertz CT molecular complexity index is 1490. The summed E-state index contributed by atoms with van der Waals surface area (Å²) in [5.41, 5.74) is 6.47. The molecule has 0 radical (unpaired) electrons. The number of nitrogens with zero attached hydrogens (tertiary/aromatic N) is 3. The largest absolute Gasteiger partial charge is 0.481 e. The molecule has 0 aliphatic carbocycles. The first-order valence-corrected chi connectivity index (χ1v) is 11.1. The number of aromatic nitrogens is 4. The lowest BCUT2D eigenvalue weighted by atomic mass is 10.1. The summed E-state index contributed by atoms with van der Waals surface area (Å²) >= 11 is 0. The average molecular weight is 557 g/mol. The number of nitrogens with two attached hydrogens (primary N) is 1. The van der Waals surface area contributed by atoms with Crippen molar-refractivity contribution in [1.82, 2.24) is 25.3 Å². The predicted molar refractivity (Wildman–Crippen MR) is 136 cm³/mol. The number of nitrogen functional groups attached to an aromatic ring is 1. The summed E-state index contributed by atoms with van der Waals surface area (Å²) in [5, 5.41) is 38.8. The first-order chi connectivity index (χ1) is 18.8. The van der Waals surface area contributed by atoms with Gasteiger partial charge in [-0.3, -0.25) is 19.4 Å². The molecule has 0 unspecified atom stereocenters. The molecule has 40 heavy (non-hydrogen) atoms. The minimum atomic E-state index is -1.31. The Kier molecular flexibility index (Phi) is 10.8. The summed E-state index contributed by atoms with van der Waals surface area (Å²) in [7, 11) is 0. The second kappa shape index (κ2) is 14.2. The molecule has 0 fully saturated rings. The molecule has 2 heterocycles. The van der Waals surface area contributed by atoms with E-state index in [1.165, 1.54) is 18.3 Å². The highest BCUT2D eigenvalue weighted by Gasteiger charge is 2.21. The Morgan fingerprint density at radius 2 is 1.60 bits per heavy atom. The van der Waals surface area contributed by atoms with Crippen molar-refractivity contribution in [3.05, 3.63) is 64.2 Å². The van der Waals surface area contributed by atoms with Crippen molar-refractivity contribution >= 4 is 52.6 Å². The molecule has 17 heteroatoms. The van der Waals surface area contributed by atoms with Gasteiger partial charge < -0.3 is 36.8 Å². The van der Waals surface area contributed by atoms with Gasteiger partial charge in [0.05, 0.1) is 18.4 Å². The number of hydrogen-bond acceptors (Lipinski definition) is 11. The highest BCUT2D eigenvalue weighted by atomic mass is 16.4. The van der Waals surface area contributed by atoms with Crippen molar-refractivity contribution in [3.63, 3.8) is 0 Å². The monoisotopic (exact) mass is 557 g/mol. The van der Waals surface area contributed by atoms with Crippen LogP contribution in [-0.4, -0.2) is 76.2 Å². The van der Waals surface area contributed by atoms with Gasteiger partial charge in [-0.2, -0.15) is 4.98 Å². The van der Waals surface area contributed by atoms with E-state index in [9.17, 15) is 28.8 Å². The summed E-state index contributed by atoms with van der Waals surface area (Å²) in [6, 6.07) is 4.86. The van der Waals surface area contributed by atoms with Crippen LogP contribution in [0, 0.1) is 0 Å². The van der Waals surface area contributed by atoms with Crippen LogP contribution in [0.15, 0.2) is 47.4 Å². The van der Waals surface area contributed by atoms with Gasteiger partial charge in [0, 0.05) is 29.8 Å². The van der Waals surface area contributed by atoms with Gasteiger partial charge in [0.2, 0.25) is 5.95 Å². The Labute approximate surface area is 223 Å². The number of amides is 1. The average Bonchev–Trinajstić information content (AvgIpc) is 2.89. The summed E-state index contributed by atoms with van der Waals surface area (Å²) in [5.74, 6) is -5.67. The summed E-state index contributed by atoms with van der Waals surface area (Å²) in [6.07, 6.45) is 1.96. The number of carbonyl (C=O) groups excluding carboxylic acids is 1. The van der Waals surface area contributed by atoms with E-state index in [0.29, 0.717) is 23.5 Å². The fraction of sp³-hybridized carbons (Fsp3) is 0.174. The zero-order valence-corrected chi connectivity index (χ0v) is 20.4. The Balaban J connectivity index is 0.000000611. The number of benzene rings is 1. The van der Waals surface area contributed by atoms with Crippen LogP contribution >= 0.6 is 0 Å². The van der Waals surface area contributed by atoms with Crippen LogP contribution < -0.4 is 21.9 Å². The zero-order valence-electron chi connectivity index (χ0n) is 20.4. The van der Waals surface area contributed by atoms with Crippen molar-refractivity contribution in [2.75, 3.05) is 11.1 Å². The number of nitrogens with one attached hydrogen (secondary N) is 3. The number of H-pyrrole nitrogens is 1. The minimum absolute atomic E-state index is 0.0524. The molecule has 3 rings (SSSR count). The molecule has 17 nitrogen and oxygen atoms in total. The van der Waals surface area contributed by atoms with Gasteiger partial charge in [0.1, 0.15) is 6.04 Å². The molecule has 0 spiro atoms. The van der Waals surface area contributed by atoms with Gasteiger partial charge in [0.25, 0.3) is 11.5 Å². The molecule has 0 aliphatic heterocycles. The zero-order chi connectivity index (χ0) is 29.8. The molecule has 9 N–H and O–H groups in total. The van der Waals surface area contributed by atoms with Crippen LogP contribution in [0.5, 0.6) is 0 Å². The van der Waals surface area contributed by atoms with Crippen LogP contribution in [0.3, 0.4) is 0 Å². The van der Waals surface area contributed by atoms with Gasteiger partial charge in [-0.25, -0.2) is 24.4 Å². The number of carbonyl (C=O) groups is 5. The minimum Gasteiger partial charge on any atom is -0.481 e. The third-order valence-electron chi connectivity index (χ3n) is 4.73. The summed E-state index contributed by atoms with van der Waals surface area (Å²) < 4.78 is 0. The third-order valence-corrected chi connectivity index (χ3v) is 4.73. The fourth-order valence-electron chi connectivity index (χ4n) is 2.90. The fourth-order valence-corrected chi connectivity index (χ4v) is 2.90. The molecular weight excluding hydrogens is 534 g/mol. The van der Waals surface area contributed by atoms with Crippen LogP contribution in [-0.2, 0) is 25.7 Å². The van der Waals surface area contributed by atoms with Gasteiger partial charge in [-0.05, 0) is 30.7 Å². The lowest BCUT2D eigenvalue weighted by Crippen LogP contribution is -2.41. The Hall–Kier alpha value is -5.87. The maximum atomic E-state index is 12.3. The van der Waals surface area contributed by atoms with E-state index in [4.69, 9.17) is 26.2 Å². The lowest BCUT2D eigenvalue weighted by Gasteiger charge is -2.14. The van der Waals surface area contributed by atoms with E-state index in [0.717, 1.165) is 0 Å². The third kappa shape index (κ3) is 9.88. The molecule has 0 aliphatic rings. The molecule has 0 saturated carbocycles. The second-order valence-electron chi connectivity index (χ2n) is 7.72. The maximum absolute atomic E-state index is 12.3. The van der Waals surface area contributed by atoms with E-state index in [1.807, 2.05) is 0 Å². The van der Waals surface area contributed by atoms with E-state index in [1.54, 1.807) is 12.1 Å². The van der Waals surface area contributed by atoms with Gasteiger partial charge in [0.15, 0.2) is 11.2 Å². The molecule has 3 aromatic rings. The van der Waals surface area contributed by atoms with Crippen molar-refractivity contribution < 1.29 is 44.4 Å². The number of carboxylic acid groups (broad SMARTS) is 4. The van der Waals surface area contributed by atoms with Gasteiger partial charge >= 0.3 is 23.9 Å². The molecule has 0 bridgehead atoms. The van der Waals surface area contributed by atoms with Gasteiger partial charge in [-0.15, -0.1) is 0 Å². The number of carboxylic acids is 4. The smallest absolute Gasteiger partial charge is 0.328 e. The van der Waals surface area contributed by atoms with Crippen molar-refractivity contribution in [2.45, 2.75) is 25.4 Å². The van der Waals surface area contributed by atoms with Crippen molar-refractivity contribution in [2.24, 2.45) is 0 Å². The first-order valence-electron chi connectivity index (χ1n) is 11.1. The molecule has 1 aromatic carbocycles. The molecule has 0 saturated heterocycles. The lowest BCUT2D eigenvalue weighted by molar-refractivity contribution is -0.140. The Morgan fingerprint density at radius 3 is 2.15 bits per heavy atom. The Morgan fingerprint density at radius 1 is 0.975 bits per heavy atom. The van der Waals surface area contributed by atoms with E-state index in [-0.39, 0.29) is 42.1 Å². The number of aliphatic carboxylic acids is 4. The van der Waals surface area contributed by atoms with E-state index in [2.05, 4.69) is 30.6 Å². The molecule has 210 valence electrons. The number of anilines is 2. The first kappa shape index (κ1) is 30.4. The van der Waals surface area contributed by atoms with E-state index >= 15 is 0 Å². The number of rotatable bonds is 11. The SMILES string of the molecule is Nc1nc2ncc(CNc3ccc(C(=O)N[C@@H](CCC(=O)O)C(=O)O)cc3)nc2c(=O)[nH]1.O=C(O)/C=C\C(=O)O. The number of hydrogen-bond donors (Lipinski definition) is 8. The normalized spacial score (nSPS) is 11.2. The predicted octanol–water partition coefficient (Wildman–Crippen LogP) is -0.333. The summed E-state index contributed by atoms with van der Waals surface area (Å²) in [4.78, 5) is 79.7. The van der Waals surface area contributed by atoms with Crippen LogP contribution in [0.2, 0.25) is 0 Å². The molecular formula is C23H23N7O10. The van der Waals surface area contributed by atoms with Crippen molar-refractivity contribution in [3.8, 4) is 0 Å². The van der Waals surface area contributed by atoms with Crippen LogP contribution in [0.1, 0.15) is 28.9 Å². The van der Waals surface area contributed by atoms with Crippen molar-refractivity contribution in [1.29, 1.82) is 0 Å². The summed E-state index contributed by atoms with van der Waals surface area (Å²) in [6.45, 7) is 0.231. The topological polar surface area (TPSA) is 288 Å². The number of fused-ring (bicyclic) bond motifs is 1. The van der Waals surface area contributed by atoms with Crippen LogP contribution in [0.4, 0.5) is 11.6 Å². The second-order valence-corrected chi connectivity index (χ2v) is 7.72. The van der Waals surface area contributed by atoms with Gasteiger partial charge in [-0.1, -0.05) is 0 Å². The number of aromatic amines is 1. The highest BCUT2D eigenvalue weighted by Crippen LogP contribution is 2.12. The maximum Gasteiger partial charge on any atom is 0.328 e. The van der Waals surface area contributed by atoms with Crippen LogP contribution in [0.25, 0.3) is 11.2 Å². The molecule has 2 aromatic heterocycles. The highest BCUT2D eigenvalue weighted by molar-refractivity contribution is 5.97. The molecule has 1 amide bonds. The standard InChI is InChI=1S/C19H19N7O6.C4H4O4/c20-19-25-15-14(17(30)26-19)23-11(8-22-15)7-21-10-3-1-9(2-4-10)16(29)24-12(18(31)32)5-6-13(27)28;5-3(6)1-2-4(7)8/h1-4,8,12,21H,5-7H2,(H,24,29)(H,27,28)(H,31,32)(H3,20,22,25,26,30);1-2H,(H,5,6)(H,7,8)/b;2-1-/t12-;/m0./s1. The quantitative estimate of drug-likeness (QED) is 0.140. The molecule has 1 atom stereocenters. The van der Waals surface area contributed by atoms with E-state index < -0.39 is 41.4 Å².